The van der Waals surface area contributed by atoms with Crippen LogP contribution in [-0.2, 0) is 11.3 Å². The SMILES string of the molecule is CCOC(=O)c1nc(CN2CCNCC2(C)C)cs1. The minimum absolute atomic E-state index is 0.117. The summed E-state index contributed by atoms with van der Waals surface area (Å²) >= 11 is 1.36. The molecule has 1 aromatic rings. The average molecular weight is 283 g/mol. The molecule has 1 aliphatic rings. The third-order valence-electron chi connectivity index (χ3n) is 3.33. The first-order valence-corrected chi connectivity index (χ1v) is 7.48. The summed E-state index contributed by atoms with van der Waals surface area (Å²) in [4.78, 5) is 18.3. The monoisotopic (exact) mass is 283 g/mol. The van der Waals surface area contributed by atoms with Crippen molar-refractivity contribution < 1.29 is 9.53 Å². The van der Waals surface area contributed by atoms with Gasteiger partial charge in [0.05, 0.1) is 12.3 Å². The molecule has 1 fully saturated rings. The first-order chi connectivity index (χ1) is 9.03. The molecule has 2 heterocycles. The fraction of sp³-hybridized carbons (Fsp3) is 0.692. The Morgan fingerprint density at radius 2 is 2.42 bits per heavy atom. The second-order valence-corrected chi connectivity index (χ2v) is 6.13. The summed E-state index contributed by atoms with van der Waals surface area (Å²) in [6, 6.07) is 0. The Morgan fingerprint density at radius 1 is 1.63 bits per heavy atom. The Balaban J connectivity index is 2.01. The van der Waals surface area contributed by atoms with E-state index in [1.165, 1.54) is 11.3 Å². The fourth-order valence-corrected chi connectivity index (χ4v) is 2.88. The highest BCUT2D eigenvalue weighted by Crippen LogP contribution is 2.20. The highest BCUT2D eigenvalue weighted by Gasteiger charge is 2.30. The Morgan fingerprint density at radius 3 is 3.11 bits per heavy atom. The van der Waals surface area contributed by atoms with E-state index in [2.05, 4.69) is 29.0 Å². The van der Waals surface area contributed by atoms with Gasteiger partial charge in [-0.25, -0.2) is 9.78 Å². The lowest BCUT2D eigenvalue weighted by Crippen LogP contribution is -2.57. The van der Waals surface area contributed by atoms with Crippen molar-refractivity contribution >= 4 is 17.3 Å². The molecule has 0 saturated carbocycles. The number of aromatic nitrogens is 1. The largest absolute Gasteiger partial charge is 0.461 e. The Hall–Kier alpha value is -0.980. The van der Waals surface area contributed by atoms with Gasteiger partial charge in [0.1, 0.15) is 0 Å². The summed E-state index contributed by atoms with van der Waals surface area (Å²) in [6.07, 6.45) is 0. The number of piperazine rings is 1. The molecule has 0 bridgehead atoms. The summed E-state index contributed by atoms with van der Waals surface area (Å²) in [5, 5.41) is 5.80. The van der Waals surface area contributed by atoms with E-state index in [1.807, 2.05) is 5.38 Å². The van der Waals surface area contributed by atoms with E-state index in [0.29, 0.717) is 11.6 Å². The first-order valence-electron chi connectivity index (χ1n) is 6.60. The molecule has 0 spiro atoms. The van der Waals surface area contributed by atoms with Gasteiger partial charge in [-0.05, 0) is 20.8 Å². The molecular weight excluding hydrogens is 262 g/mol. The maximum atomic E-state index is 11.6. The molecule has 5 nitrogen and oxygen atoms in total. The zero-order valence-electron chi connectivity index (χ0n) is 11.7. The third-order valence-corrected chi connectivity index (χ3v) is 4.20. The third kappa shape index (κ3) is 3.52. The van der Waals surface area contributed by atoms with Gasteiger partial charge in [-0.3, -0.25) is 4.90 Å². The minimum atomic E-state index is -0.321. The van der Waals surface area contributed by atoms with Crippen molar-refractivity contribution in [2.24, 2.45) is 0 Å². The number of ether oxygens (including phenoxy) is 1. The van der Waals surface area contributed by atoms with E-state index in [-0.39, 0.29) is 11.5 Å². The van der Waals surface area contributed by atoms with Crippen molar-refractivity contribution in [1.82, 2.24) is 15.2 Å². The second-order valence-electron chi connectivity index (χ2n) is 5.28. The van der Waals surface area contributed by atoms with Gasteiger partial charge in [-0.2, -0.15) is 0 Å². The smallest absolute Gasteiger partial charge is 0.367 e. The zero-order chi connectivity index (χ0) is 13.9. The van der Waals surface area contributed by atoms with Crippen LogP contribution < -0.4 is 5.32 Å². The Labute approximate surface area is 118 Å². The van der Waals surface area contributed by atoms with E-state index in [0.717, 1.165) is 31.9 Å². The number of nitrogens with zero attached hydrogens (tertiary/aromatic N) is 2. The van der Waals surface area contributed by atoms with Crippen molar-refractivity contribution in [2.45, 2.75) is 32.9 Å². The van der Waals surface area contributed by atoms with Crippen LogP contribution in [0.3, 0.4) is 0 Å². The highest BCUT2D eigenvalue weighted by molar-refractivity contribution is 7.11. The van der Waals surface area contributed by atoms with Crippen molar-refractivity contribution in [3.05, 3.63) is 16.1 Å². The van der Waals surface area contributed by atoms with Crippen LogP contribution in [0, 0.1) is 0 Å². The van der Waals surface area contributed by atoms with Crippen LogP contribution in [0.15, 0.2) is 5.38 Å². The van der Waals surface area contributed by atoms with Gasteiger partial charge in [0.15, 0.2) is 0 Å². The van der Waals surface area contributed by atoms with Gasteiger partial charge in [0, 0.05) is 37.1 Å². The van der Waals surface area contributed by atoms with E-state index in [1.54, 1.807) is 6.92 Å². The predicted molar refractivity (Wildman–Crippen MR) is 75.4 cm³/mol. The molecule has 0 aliphatic carbocycles. The molecule has 2 rings (SSSR count). The maximum absolute atomic E-state index is 11.6. The summed E-state index contributed by atoms with van der Waals surface area (Å²) < 4.78 is 4.96. The van der Waals surface area contributed by atoms with Crippen LogP contribution in [0.4, 0.5) is 0 Å². The first kappa shape index (κ1) is 14.4. The topological polar surface area (TPSA) is 54.5 Å². The molecule has 6 heteroatoms. The van der Waals surface area contributed by atoms with Crippen LogP contribution in [-0.4, -0.2) is 47.6 Å². The molecule has 0 amide bonds. The second kappa shape index (κ2) is 5.98. The number of hydrogen-bond donors (Lipinski definition) is 1. The number of hydrogen-bond acceptors (Lipinski definition) is 6. The standard InChI is InChI=1S/C13H21N3O2S/c1-4-18-12(17)11-15-10(8-19-11)7-16-6-5-14-9-13(16,2)3/h8,14H,4-7,9H2,1-3H3. The fourth-order valence-electron chi connectivity index (χ4n) is 2.18. The Kier molecular flexibility index (Phi) is 4.54. The van der Waals surface area contributed by atoms with Gasteiger partial charge in [-0.1, -0.05) is 0 Å². The number of carbonyl (C=O) groups excluding carboxylic acids is 1. The predicted octanol–water partition coefficient (Wildman–Crippen LogP) is 1.50. The van der Waals surface area contributed by atoms with Crippen molar-refractivity contribution in [2.75, 3.05) is 26.2 Å². The van der Waals surface area contributed by atoms with Gasteiger partial charge >= 0.3 is 5.97 Å². The lowest BCUT2D eigenvalue weighted by Gasteiger charge is -2.42. The minimum Gasteiger partial charge on any atom is -0.461 e. The summed E-state index contributed by atoms with van der Waals surface area (Å²) in [5.41, 5.74) is 1.06. The molecule has 0 atom stereocenters. The zero-order valence-corrected chi connectivity index (χ0v) is 12.5. The lowest BCUT2D eigenvalue weighted by atomic mass is 10.00. The Bertz CT molecular complexity index is 445. The van der Waals surface area contributed by atoms with Crippen molar-refractivity contribution in [3.8, 4) is 0 Å². The van der Waals surface area contributed by atoms with Gasteiger partial charge in [-0.15, -0.1) is 11.3 Å². The van der Waals surface area contributed by atoms with E-state index in [4.69, 9.17) is 4.74 Å². The molecule has 0 unspecified atom stereocenters. The molecule has 1 aromatic heterocycles. The normalized spacial score (nSPS) is 19.3. The van der Waals surface area contributed by atoms with Crippen LogP contribution >= 0.6 is 11.3 Å². The average Bonchev–Trinajstić information content (AvgIpc) is 2.81. The summed E-state index contributed by atoms with van der Waals surface area (Å²) in [5.74, 6) is -0.321. The number of thiazole rings is 1. The van der Waals surface area contributed by atoms with Crippen LogP contribution in [0.5, 0.6) is 0 Å². The van der Waals surface area contributed by atoms with Gasteiger partial charge in [0.2, 0.25) is 5.01 Å². The molecule has 0 aromatic carbocycles. The number of rotatable bonds is 4. The summed E-state index contributed by atoms with van der Waals surface area (Å²) in [7, 11) is 0. The van der Waals surface area contributed by atoms with E-state index in [9.17, 15) is 4.79 Å². The maximum Gasteiger partial charge on any atom is 0.367 e. The van der Waals surface area contributed by atoms with Crippen LogP contribution in [0.25, 0.3) is 0 Å². The number of nitrogens with one attached hydrogen (secondary N) is 1. The number of carbonyl (C=O) groups is 1. The highest BCUT2D eigenvalue weighted by atomic mass is 32.1. The van der Waals surface area contributed by atoms with E-state index < -0.39 is 0 Å². The molecule has 1 aliphatic heterocycles. The molecule has 19 heavy (non-hydrogen) atoms. The van der Waals surface area contributed by atoms with Gasteiger partial charge < -0.3 is 10.1 Å². The van der Waals surface area contributed by atoms with Gasteiger partial charge in [0.25, 0.3) is 0 Å². The molecular formula is C13H21N3O2S. The van der Waals surface area contributed by atoms with E-state index >= 15 is 0 Å². The van der Waals surface area contributed by atoms with Crippen LogP contribution in [0.1, 0.15) is 36.3 Å². The quantitative estimate of drug-likeness (QED) is 0.849. The number of esters is 1. The van der Waals surface area contributed by atoms with Crippen molar-refractivity contribution in [3.63, 3.8) is 0 Å². The lowest BCUT2D eigenvalue weighted by molar-refractivity contribution is 0.0524. The van der Waals surface area contributed by atoms with Crippen molar-refractivity contribution in [1.29, 1.82) is 0 Å². The molecule has 106 valence electrons. The van der Waals surface area contributed by atoms with Crippen LogP contribution in [0.2, 0.25) is 0 Å². The molecule has 1 saturated heterocycles. The molecule has 0 radical (unpaired) electrons. The summed E-state index contributed by atoms with van der Waals surface area (Å²) in [6.45, 7) is 10.4. The molecule has 1 N–H and O–H groups in total.